The van der Waals surface area contributed by atoms with E-state index in [0.29, 0.717) is 0 Å². The summed E-state index contributed by atoms with van der Waals surface area (Å²) in [4.78, 5) is 23.6. The molecule has 1 N–H and O–H groups in total. The van der Waals surface area contributed by atoms with E-state index in [4.69, 9.17) is 9.84 Å². The van der Waals surface area contributed by atoms with Crippen LogP contribution in [0, 0.1) is 5.92 Å². The van der Waals surface area contributed by atoms with Gasteiger partial charge in [-0.3, -0.25) is 4.90 Å². The van der Waals surface area contributed by atoms with Crippen molar-refractivity contribution in [3.63, 3.8) is 0 Å². The molecule has 1 fully saturated rings. The molecule has 1 aliphatic rings. The Morgan fingerprint density at radius 3 is 2.33 bits per heavy atom. The second-order valence-corrected chi connectivity index (χ2v) is 5.32. The SMILES string of the molecule is CC(C)(C)OC(=O)N1C[C@@H](C(F)F)C[C@@H]1C(=O)O. The first-order valence-corrected chi connectivity index (χ1v) is 5.62. The summed E-state index contributed by atoms with van der Waals surface area (Å²) in [7, 11) is 0. The Balaban J connectivity index is 2.78. The van der Waals surface area contributed by atoms with Crippen LogP contribution < -0.4 is 0 Å². The molecule has 1 saturated heterocycles. The largest absolute Gasteiger partial charge is 0.480 e. The summed E-state index contributed by atoms with van der Waals surface area (Å²) in [6, 6.07) is -1.24. The summed E-state index contributed by atoms with van der Waals surface area (Å²) >= 11 is 0. The molecular formula is C11H17F2NO4. The molecule has 0 aromatic rings. The van der Waals surface area contributed by atoms with Crippen LogP contribution in [0.15, 0.2) is 0 Å². The molecule has 0 aliphatic carbocycles. The van der Waals surface area contributed by atoms with E-state index in [1.165, 1.54) is 0 Å². The van der Waals surface area contributed by atoms with Gasteiger partial charge in [-0.15, -0.1) is 0 Å². The third kappa shape index (κ3) is 3.54. The Morgan fingerprint density at radius 2 is 1.94 bits per heavy atom. The number of aliphatic carboxylic acids is 1. The molecule has 0 aromatic heterocycles. The number of carboxylic acids is 1. The van der Waals surface area contributed by atoms with E-state index in [-0.39, 0.29) is 13.0 Å². The van der Waals surface area contributed by atoms with Crippen molar-refractivity contribution in [2.75, 3.05) is 6.54 Å². The van der Waals surface area contributed by atoms with Crippen molar-refractivity contribution in [3.05, 3.63) is 0 Å². The second kappa shape index (κ2) is 5.07. The standard InChI is InChI=1S/C11H17F2NO4/c1-11(2,3)18-10(17)14-5-6(8(12)13)4-7(14)9(15)16/h6-8H,4-5H2,1-3H3,(H,15,16)/t6-,7+/m0/s1. The minimum Gasteiger partial charge on any atom is -0.480 e. The van der Waals surface area contributed by atoms with E-state index in [2.05, 4.69) is 0 Å². The topological polar surface area (TPSA) is 66.8 Å². The maximum Gasteiger partial charge on any atom is 0.411 e. The number of rotatable bonds is 2. The molecule has 104 valence electrons. The molecule has 18 heavy (non-hydrogen) atoms. The molecule has 1 heterocycles. The summed E-state index contributed by atoms with van der Waals surface area (Å²) in [6.07, 6.45) is -3.75. The van der Waals surface area contributed by atoms with Gasteiger partial charge < -0.3 is 9.84 Å². The molecule has 5 nitrogen and oxygen atoms in total. The lowest BCUT2D eigenvalue weighted by Gasteiger charge is -2.26. The number of amides is 1. The minimum absolute atomic E-state index is 0.244. The normalized spacial score (nSPS) is 24.4. The Hall–Kier alpha value is -1.40. The highest BCUT2D eigenvalue weighted by molar-refractivity contribution is 5.81. The van der Waals surface area contributed by atoms with Crippen LogP contribution in [0.2, 0.25) is 0 Å². The van der Waals surface area contributed by atoms with Gasteiger partial charge in [0.1, 0.15) is 11.6 Å². The van der Waals surface area contributed by atoms with Crippen LogP contribution in [0.25, 0.3) is 0 Å². The zero-order chi connectivity index (χ0) is 14.1. The monoisotopic (exact) mass is 265 g/mol. The predicted molar refractivity (Wildman–Crippen MR) is 58.5 cm³/mol. The van der Waals surface area contributed by atoms with Gasteiger partial charge in [-0.05, 0) is 27.2 Å². The molecule has 0 unspecified atom stereocenters. The number of likely N-dealkylation sites (tertiary alicyclic amines) is 1. The van der Waals surface area contributed by atoms with Crippen molar-refractivity contribution in [1.82, 2.24) is 4.90 Å². The number of alkyl halides is 2. The van der Waals surface area contributed by atoms with E-state index in [0.717, 1.165) is 4.90 Å². The van der Waals surface area contributed by atoms with Crippen molar-refractivity contribution in [2.45, 2.75) is 45.3 Å². The van der Waals surface area contributed by atoms with Gasteiger partial charge in [0, 0.05) is 12.5 Å². The molecule has 0 aromatic carbocycles. The van der Waals surface area contributed by atoms with Crippen LogP contribution >= 0.6 is 0 Å². The maximum atomic E-state index is 12.6. The summed E-state index contributed by atoms with van der Waals surface area (Å²) in [5.74, 6) is -2.40. The molecule has 1 aliphatic heterocycles. The molecule has 0 bridgehead atoms. The number of hydrogen-bond donors (Lipinski definition) is 1. The van der Waals surface area contributed by atoms with E-state index in [9.17, 15) is 18.4 Å². The number of halogens is 2. The van der Waals surface area contributed by atoms with Gasteiger partial charge in [-0.1, -0.05) is 0 Å². The number of ether oxygens (including phenoxy) is 1. The van der Waals surface area contributed by atoms with Crippen molar-refractivity contribution in [3.8, 4) is 0 Å². The first kappa shape index (κ1) is 14.7. The van der Waals surface area contributed by atoms with Crippen LogP contribution in [0.3, 0.4) is 0 Å². The Bertz CT molecular complexity index is 340. The fourth-order valence-electron chi connectivity index (χ4n) is 1.81. The minimum atomic E-state index is -2.64. The summed E-state index contributed by atoms with van der Waals surface area (Å²) < 4.78 is 30.2. The van der Waals surface area contributed by atoms with Crippen molar-refractivity contribution in [1.29, 1.82) is 0 Å². The highest BCUT2D eigenvalue weighted by Gasteiger charge is 2.44. The van der Waals surface area contributed by atoms with E-state index < -0.39 is 36.0 Å². The molecule has 0 spiro atoms. The first-order valence-electron chi connectivity index (χ1n) is 5.62. The fraction of sp³-hybridized carbons (Fsp3) is 0.818. The quantitative estimate of drug-likeness (QED) is 0.828. The molecule has 1 amide bonds. The number of carboxylic acid groups (broad SMARTS) is 1. The van der Waals surface area contributed by atoms with E-state index in [1.807, 2.05) is 0 Å². The lowest BCUT2D eigenvalue weighted by molar-refractivity contribution is -0.142. The molecule has 1 rings (SSSR count). The lowest BCUT2D eigenvalue weighted by atomic mass is 10.1. The van der Waals surface area contributed by atoms with Gasteiger partial charge >= 0.3 is 12.1 Å². The van der Waals surface area contributed by atoms with Crippen LogP contribution in [-0.4, -0.2) is 46.7 Å². The third-order valence-electron chi connectivity index (χ3n) is 2.60. The Morgan fingerprint density at radius 1 is 1.39 bits per heavy atom. The molecule has 7 heteroatoms. The van der Waals surface area contributed by atoms with Crippen LogP contribution in [0.4, 0.5) is 13.6 Å². The number of carbonyl (C=O) groups is 2. The molecular weight excluding hydrogens is 248 g/mol. The van der Waals surface area contributed by atoms with Crippen molar-refractivity contribution in [2.24, 2.45) is 5.92 Å². The Labute approximate surface area is 104 Å². The van der Waals surface area contributed by atoms with Gasteiger partial charge in [0.15, 0.2) is 0 Å². The molecule has 0 saturated carbocycles. The van der Waals surface area contributed by atoms with Crippen LogP contribution in [-0.2, 0) is 9.53 Å². The van der Waals surface area contributed by atoms with Crippen LogP contribution in [0.1, 0.15) is 27.2 Å². The maximum absolute atomic E-state index is 12.6. The number of nitrogens with zero attached hydrogens (tertiary/aromatic N) is 1. The van der Waals surface area contributed by atoms with Crippen molar-refractivity contribution < 1.29 is 28.2 Å². The van der Waals surface area contributed by atoms with Gasteiger partial charge in [0.2, 0.25) is 6.43 Å². The predicted octanol–water partition coefficient (Wildman–Crippen LogP) is 1.96. The van der Waals surface area contributed by atoms with E-state index in [1.54, 1.807) is 20.8 Å². The third-order valence-corrected chi connectivity index (χ3v) is 2.60. The molecule has 0 radical (unpaired) electrons. The number of hydrogen-bond acceptors (Lipinski definition) is 3. The lowest BCUT2D eigenvalue weighted by Crippen LogP contribution is -2.43. The Kier molecular flexibility index (Phi) is 4.13. The zero-order valence-corrected chi connectivity index (χ0v) is 10.5. The van der Waals surface area contributed by atoms with Gasteiger partial charge in [-0.25, -0.2) is 18.4 Å². The first-order chi connectivity index (χ1) is 8.11. The highest BCUT2D eigenvalue weighted by Crippen LogP contribution is 2.29. The van der Waals surface area contributed by atoms with Gasteiger partial charge in [0.05, 0.1) is 0 Å². The van der Waals surface area contributed by atoms with Crippen molar-refractivity contribution >= 4 is 12.1 Å². The summed E-state index contributed by atoms with van der Waals surface area (Å²) in [5, 5.41) is 8.94. The molecule has 2 atom stereocenters. The van der Waals surface area contributed by atoms with E-state index >= 15 is 0 Å². The highest BCUT2D eigenvalue weighted by atomic mass is 19.3. The second-order valence-electron chi connectivity index (χ2n) is 5.32. The number of carbonyl (C=O) groups excluding carboxylic acids is 1. The fourth-order valence-corrected chi connectivity index (χ4v) is 1.81. The zero-order valence-electron chi connectivity index (χ0n) is 10.5. The van der Waals surface area contributed by atoms with Gasteiger partial charge in [-0.2, -0.15) is 0 Å². The smallest absolute Gasteiger partial charge is 0.411 e. The van der Waals surface area contributed by atoms with Crippen LogP contribution in [0.5, 0.6) is 0 Å². The average Bonchev–Trinajstić information content (AvgIpc) is 2.58. The summed E-state index contributed by atoms with van der Waals surface area (Å²) in [6.45, 7) is 4.59. The average molecular weight is 265 g/mol. The summed E-state index contributed by atoms with van der Waals surface area (Å²) in [5.41, 5.74) is -0.789. The van der Waals surface area contributed by atoms with Gasteiger partial charge in [0.25, 0.3) is 0 Å².